The van der Waals surface area contributed by atoms with Crippen LogP contribution in [0.1, 0.15) is 10.4 Å². The van der Waals surface area contributed by atoms with E-state index < -0.39 is 5.82 Å². The molecule has 2 aromatic rings. The van der Waals surface area contributed by atoms with Crippen molar-refractivity contribution >= 4 is 45.7 Å². The zero-order chi connectivity index (χ0) is 16.2. The largest absolute Gasteiger partial charge is 0.368 e. The first-order valence-corrected chi connectivity index (χ1v) is 8.11. The van der Waals surface area contributed by atoms with E-state index in [9.17, 15) is 9.18 Å². The molecule has 2 N–H and O–H groups in total. The molecule has 1 aromatic carbocycles. The molecule has 24 heavy (non-hydrogen) atoms. The number of anilines is 2. The van der Waals surface area contributed by atoms with Gasteiger partial charge < -0.3 is 15.5 Å². The van der Waals surface area contributed by atoms with Crippen molar-refractivity contribution in [3.05, 3.63) is 52.4 Å². The second-order valence-corrected chi connectivity index (χ2v) is 6.08. The van der Waals surface area contributed by atoms with Crippen molar-refractivity contribution in [1.29, 1.82) is 0 Å². The molecule has 1 aromatic heterocycles. The van der Waals surface area contributed by atoms with E-state index in [1.165, 1.54) is 18.2 Å². The van der Waals surface area contributed by atoms with Gasteiger partial charge in [0.2, 0.25) is 0 Å². The molecule has 0 spiro atoms. The molecule has 0 bridgehead atoms. The van der Waals surface area contributed by atoms with E-state index in [0.29, 0.717) is 11.4 Å². The number of rotatable bonds is 3. The van der Waals surface area contributed by atoms with Crippen molar-refractivity contribution in [3.8, 4) is 0 Å². The predicted octanol–water partition coefficient (Wildman–Crippen LogP) is 3.07. The summed E-state index contributed by atoms with van der Waals surface area (Å²) >= 11 is 3.07. The highest BCUT2D eigenvalue weighted by Gasteiger charge is 2.12. The van der Waals surface area contributed by atoms with Gasteiger partial charge in [-0.25, -0.2) is 9.37 Å². The maximum absolute atomic E-state index is 13.2. The van der Waals surface area contributed by atoms with Gasteiger partial charge in [-0.3, -0.25) is 4.79 Å². The first-order valence-electron chi connectivity index (χ1n) is 7.31. The van der Waals surface area contributed by atoms with Crippen LogP contribution in [0.2, 0.25) is 0 Å². The Kier molecular flexibility index (Phi) is 6.53. The molecule has 0 unspecified atom stereocenters. The molecular weight excluding hydrogens is 399 g/mol. The highest BCUT2D eigenvalue weighted by atomic mass is 79.9. The third-order valence-corrected chi connectivity index (χ3v) is 4.26. The molecule has 3 rings (SSSR count). The quantitative estimate of drug-likeness (QED) is 0.809. The van der Waals surface area contributed by atoms with Crippen LogP contribution in [0.15, 0.2) is 41.0 Å². The van der Waals surface area contributed by atoms with Gasteiger partial charge >= 0.3 is 0 Å². The van der Waals surface area contributed by atoms with Crippen LogP contribution in [0.25, 0.3) is 0 Å². The van der Waals surface area contributed by atoms with Gasteiger partial charge in [0.15, 0.2) is 0 Å². The number of carbonyl (C=O) groups is 1. The Balaban J connectivity index is 0.00000208. The Bertz CT molecular complexity index is 708. The number of benzene rings is 1. The molecule has 5 nitrogen and oxygen atoms in total. The Hall–Kier alpha value is -1.70. The molecule has 0 atom stereocenters. The van der Waals surface area contributed by atoms with E-state index in [4.69, 9.17) is 0 Å². The van der Waals surface area contributed by atoms with Gasteiger partial charge in [-0.1, -0.05) is 0 Å². The Morgan fingerprint density at radius 2 is 2.00 bits per heavy atom. The highest BCUT2D eigenvalue weighted by Crippen LogP contribution is 2.19. The Labute approximate surface area is 154 Å². The van der Waals surface area contributed by atoms with E-state index in [1.54, 1.807) is 12.3 Å². The summed E-state index contributed by atoms with van der Waals surface area (Å²) in [6.45, 7) is 3.80. The lowest BCUT2D eigenvalue weighted by atomic mass is 10.2. The topological polar surface area (TPSA) is 57.3 Å². The number of nitrogens with one attached hydrogen (secondary N) is 2. The van der Waals surface area contributed by atoms with Gasteiger partial charge in [-0.05, 0) is 46.3 Å². The average molecular weight is 416 g/mol. The fourth-order valence-corrected chi connectivity index (χ4v) is 2.77. The van der Waals surface area contributed by atoms with Crippen molar-refractivity contribution < 1.29 is 9.18 Å². The van der Waals surface area contributed by atoms with Crippen LogP contribution in [-0.2, 0) is 0 Å². The molecule has 8 heteroatoms. The summed E-state index contributed by atoms with van der Waals surface area (Å²) in [7, 11) is 0. The van der Waals surface area contributed by atoms with Gasteiger partial charge in [0, 0.05) is 31.7 Å². The molecule has 2 heterocycles. The Morgan fingerprint density at radius 1 is 1.25 bits per heavy atom. The summed E-state index contributed by atoms with van der Waals surface area (Å²) in [5, 5.41) is 6.01. The van der Waals surface area contributed by atoms with Crippen LogP contribution < -0.4 is 15.5 Å². The molecule has 1 fully saturated rings. The number of halogens is 3. The van der Waals surface area contributed by atoms with Crippen molar-refractivity contribution in [2.24, 2.45) is 0 Å². The second-order valence-electron chi connectivity index (χ2n) is 5.22. The molecule has 1 saturated heterocycles. The van der Waals surface area contributed by atoms with Crippen molar-refractivity contribution in [3.63, 3.8) is 0 Å². The van der Waals surface area contributed by atoms with Crippen LogP contribution in [0, 0.1) is 5.82 Å². The molecule has 0 radical (unpaired) electrons. The van der Waals surface area contributed by atoms with Crippen LogP contribution in [-0.4, -0.2) is 37.1 Å². The number of pyridine rings is 1. The van der Waals surface area contributed by atoms with E-state index in [-0.39, 0.29) is 22.8 Å². The highest BCUT2D eigenvalue weighted by molar-refractivity contribution is 9.10. The predicted molar refractivity (Wildman–Crippen MR) is 98.6 cm³/mol. The smallest absolute Gasteiger partial charge is 0.256 e. The molecule has 0 aliphatic carbocycles. The van der Waals surface area contributed by atoms with Crippen LogP contribution >= 0.6 is 28.3 Å². The molecule has 1 aliphatic heterocycles. The maximum Gasteiger partial charge on any atom is 0.256 e. The van der Waals surface area contributed by atoms with E-state index in [2.05, 4.69) is 36.4 Å². The molecular formula is C16H17BrClFN4O. The SMILES string of the molecule is Cl.O=C(Nc1ccc(N2CCNCC2)cn1)c1ccc(F)c(Br)c1. The van der Waals surface area contributed by atoms with Crippen LogP contribution in [0.4, 0.5) is 15.9 Å². The van der Waals surface area contributed by atoms with Gasteiger partial charge in [-0.2, -0.15) is 0 Å². The van der Waals surface area contributed by atoms with E-state index in [0.717, 1.165) is 31.9 Å². The number of aromatic nitrogens is 1. The minimum Gasteiger partial charge on any atom is -0.368 e. The van der Waals surface area contributed by atoms with E-state index in [1.807, 2.05) is 6.07 Å². The van der Waals surface area contributed by atoms with Gasteiger partial charge in [0.25, 0.3) is 5.91 Å². The van der Waals surface area contributed by atoms with Gasteiger partial charge in [0.05, 0.1) is 16.4 Å². The lowest BCUT2D eigenvalue weighted by molar-refractivity contribution is 0.102. The molecule has 1 amide bonds. The lowest BCUT2D eigenvalue weighted by Gasteiger charge is -2.29. The minimum absolute atomic E-state index is 0. The summed E-state index contributed by atoms with van der Waals surface area (Å²) in [5.41, 5.74) is 1.40. The first kappa shape index (κ1) is 18.6. The monoisotopic (exact) mass is 414 g/mol. The standard InChI is InChI=1S/C16H16BrFN4O.ClH/c17-13-9-11(1-3-14(13)18)16(23)21-15-4-2-12(10-20-15)22-7-5-19-6-8-22;/h1-4,9-10,19H,5-8H2,(H,20,21,23);1H. The molecule has 128 valence electrons. The van der Waals surface area contributed by atoms with Crippen LogP contribution in [0.5, 0.6) is 0 Å². The third-order valence-electron chi connectivity index (χ3n) is 3.65. The number of amides is 1. The Morgan fingerprint density at radius 3 is 2.62 bits per heavy atom. The zero-order valence-corrected chi connectivity index (χ0v) is 15.2. The summed E-state index contributed by atoms with van der Waals surface area (Å²) in [4.78, 5) is 18.7. The number of piperazine rings is 1. The second kappa shape index (κ2) is 8.41. The number of carbonyl (C=O) groups excluding carboxylic acids is 1. The number of nitrogens with zero attached hydrogens (tertiary/aromatic N) is 2. The molecule has 1 aliphatic rings. The van der Waals surface area contributed by atoms with Crippen molar-refractivity contribution in [2.75, 3.05) is 36.4 Å². The molecule has 0 saturated carbocycles. The summed E-state index contributed by atoms with van der Waals surface area (Å²) in [6.07, 6.45) is 1.75. The fourth-order valence-electron chi connectivity index (χ4n) is 2.40. The fraction of sp³-hybridized carbons (Fsp3) is 0.250. The average Bonchev–Trinajstić information content (AvgIpc) is 2.59. The minimum atomic E-state index is -0.403. The normalized spacial score (nSPS) is 14.0. The summed E-state index contributed by atoms with van der Waals surface area (Å²) in [6, 6.07) is 7.84. The van der Waals surface area contributed by atoms with Gasteiger partial charge in [0.1, 0.15) is 11.6 Å². The van der Waals surface area contributed by atoms with Crippen molar-refractivity contribution in [2.45, 2.75) is 0 Å². The van der Waals surface area contributed by atoms with Crippen molar-refractivity contribution in [1.82, 2.24) is 10.3 Å². The van der Waals surface area contributed by atoms with E-state index >= 15 is 0 Å². The summed E-state index contributed by atoms with van der Waals surface area (Å²) in [5.74, 6) is -0.262. The third kappa shape index (κ3) is 4.43. The first-order chi connectivity index (χ1) is 11.1. The van der Waals surface area contributed by atoms with Crippen LogP contribution in [0.3, 0.4) is 0 Å². The summed E-state index contributed by atoms with van der Waals surface area (Å²) < 4.78 is 13.5. The van der Waals surface area contributed by atoms with Gasteiger partial charge in [-0.15, -0.1) is 12.4 Å². The zero-order valence-electron chi connectivity index (χ0n) is 12.8. The number of hydrogen-bond acceptors (Lipinski definition) is 4. The number of hydrogen-bond donors (Lipinski definition) is 2. The lowest BCUT2D eigenvalue weighted by Crippen LogP contribution is -2.43. The maximum atomic E-state index is 13.2.